The molecule has 0 aromatic rings. The Morgan fingerprint density at radius 2 is 1.80 bits per heavy atom. The molecule has 0 N–H and O–H groups in total. The van der Waals surface area contributed by atoms with E-state index in [4.69, 9.17) is 0 Å². The Balaban J connectivity index is 0. The van der Waals surface area contributed by atoms with Crippen LogP contribution >= 0.6 is 0 Å². The van der Waals surface area contributed by atoms with Gasteiger partial charge < -0.3 is 17.8 Å². The van der Waals surface area contributed by atoms with Crippen molar-refractivity contribution in [1.82, 2.24) is 0 Å². The van der Waals surface area contributed by atoms with Crippen LogP contribution in [-0.4, -0.2) is 6.72 Å². The van der Waals surface area contributed by atoms with Gasteiger partial charge in [0.2, 0.25) is 0 Å². The van der Waals surface area contributed by atoms with E-state index in [1.165, 1.54) is 0 Å². The molecule has 0 rings (SSSR count). The average molecular weight is 92.2 g/mol. The third-order valence-corrected chi connectivity index (χ3v) is 0.0861. The van der Waals surface area contributed by atoms with Crippen LogP contribution < -0.4 is 51.4 Å². The van der Waals surface area contributed by atoms with Gasteiger partial charge in [-0.3, -0.25) is 0 Å². The van der Waals surface area contributed by atoms with E-state index >= 15 is 0 Å². The zero-order chi connectivity index (χ0) is 3.41. The second kappa shape index (κ2) is 8.90. The Hall–Kier alpha value is 1.05. The first-order valence-corrected chi connectivity index (χ1v) is 0.850. The second-order valence-corrected chi connectivity index (χ2v) is 0.298. The number of rotatable bonds is 1. The van der Waals surface area contributed by atoms with Crippen LogP contribution in [0.1, 0.15) is 0 Å². The van der Waals surface area contributed by atoms with Crippen molar-refractivity contribution in [1.29, 1.82) is 0 Å². The Kier molecular flexibility index (Phi) is 16.7. The number of aliphatic imine (C=N–C) groups is 1. The van der Waals surface area contributed by atoms with E-state index in [2.05, 4.69) is 18.3 Å². The van der Waals surface area contributed by atoms with Gasteiger partial charge in [-0.15, -0.1) is 0 Å². The fraction of sp³-hybridized carbons (Fsp3) is 0. The van der Waals surface area contributed by atoms with Crippen LogP contribution in [0.2, 0.25) is 0 Å². The molecule has 0 aromatic heterocycles. The predicted octanol–water partition coefficient (Wildman–Crippen LogP) is -2.49. The molecule has 0 radical (unpaired) electrons. The largest absolute Gasteiger partial charge is 1.00 e. The molecule has 0 spiro atoms. The summed E-state index contributed by atoms with van der Waals surface area (Å²) in [4.78, 5) is 2.89. The summed E-state index contributed by atoms with van der Waals surface area (Å²) in [5.74, 6) is 0. The first kappa shape index (κ1) is 9.40. The van der Waals surface area contributed by atoms with Crippen molar-refractivity contribution in [2.24, 2.45) is 4.99 Å². The summed E-state index contributed by atoms with van der Waals surface area (Å²) in [6.45, 7) is 9.08. The SMILES string of the molecule is [CH-]=CN=[CH-].[K+]. The Bertz CT molecular complexity index is 27.9. The molecule has 0 heterocycles. The topological polar surface area (TPSA) is 12.4 Å². The molecule has 0 atom stereocenters. The van der Waals surface area contributed by atoms with Crippen molar-refractivity contribution in [2.45, 2.75) is 0 Å². The first-order chi connectivity index (χ1) is 1.91. The fourth-order valence-corrected chi connectivity index (χ4v) is 0. The van der Waals surface area contributed by atoms with Gasteiger partial charge in [0.15, 0.2) is 0 Å². The van der Waals surface area contributed by atoms with Gasteiger partial charge in [-0.1, -0.05) is 0 Å². The summed E-state index contributed by atoms with van der Waals surface area (Å²) in [7, 11) is 0. The maximum absolute atomic E-state index is 4.61. The molecule has 0 fully saturated rings. The number of hydrogen-bond acceptors (Lipinski definition) is 1. The zero-order valence-corrected chi connectivity index (χ0v) is 6.30. The molecule has 0 bridgehead atoms. The smallest absolute Gasteiger partial charge is 0.601 e. The summed E-state index contributed by atoms with van der Waals surface area (Å²) in [6.07, 6.45) is 1.03. The van der Waals surface area contributed by atoms with Gasteiger partial charge in [-0.25, -0.2) is 0 Å². The molecule has 0 unspecified atom stereocenters. The standard InChI is InChI=1S/C3H3N.K/c1-3-4-2;/h1-3H;/q-2;+1. The van der Waals surface area contributed by atoms with E-state index in [0.717, 1.165) is 6.20 Å². The van der Waals surface area contributed by atoms with Crippen LogP contribution in [0.15, 0.2) is 11.2 Å². The van der Waals surface area contributed by atoms with Gasteiger partial charge in [0.1, 0.15) is 0 Å². The van der Waals surface area contributed by atoms with Crippen molar-refractivity contribution < 1.29 is 51.4 Å². The molecule has 0 aliphatic heterocycles. The van der Waals surface area contributed by atoms with E-state index in [9.17, 15) is 0 Å². The van der Waals surface area contributed by atoms with E-state index < -0.39 is 0 Å². The maximum atomic E-state index is 4.61. The van der Waals surface area contributed by atoms with E-state index in [1.54, 1.807) is 0 Å². The Labute approximate surface area is 74.6 Å². The molecule has 22 valence electrons. The second-order valence-electron chi connectivity index (χ2n) is 0.298. The van der Waals surface area contributed by atoms with E-state index in [0.29, 0.717) is 0 Å². The van der Waals surface area contributed by atoms with Crippen LogP contribution in [0.5, 0.6) is 0 Å². The summed E-state index contributed by atoms with van der Waals surface area (Å²) >= 11 is 0. The molecule has 0 aliphatic carbocycles. The minimum absolute atomic E-state index is 0. The zero-order valence-electron chi connectivity index (χ0n) is 3.18. The Morgan fingerprint density at radius 3 is 1.80 bits per heavy atom. The van der Waals surface area contributed by atoms with Crippen LogP contribution in [0, 0.1) is 6.58 Å². The van der Waals surface area contributed by atoms with Crippen molar-refractivity contribution in [3.05, 3.63) is 12.8 Å². The molecular weight excluding hydrogens is 89.1 g/mol. The normalized spacial score (nSPS) is 4.00. The van der Waals surface area contributed by atoms with Gasteiger partial charge in [-0.2, -0.15) is 6.72 Å². The van der Waals surface area contributed by atoms with Crippen LogP contribution in [-0.2, 0) is 0 Å². The first-order valence-electron chi connectivity index (χ1n) is 0.850. The molecular formula is C3H3KN-. The van der Waals surface area contributed by atoms with Gasteiger partial charge in [0.05, 0.1) is 0 Å². The third kappa shape index (κ3) is 11.2. The van der Waals surface area contributed by atoms with Crippen molar-refractivity contribution >= 4 is 6.72 Å². The molecule has 0 aliphatic rings. The molecule has 2 heteroatoms. The van der Waals surface area contributed by atoms with Crippen molar-refractivity contribution in [2.75, 3.05) is 0 Å². The number of hydrogen-bond donors (Lipinski definition) is 0. The quantitative estimate of drug-likeness (QED) is 0.193. The molecule has 0 saturated heterocycles. The monoisotopic (exact) mass is 92.0 g/mol. The summed E-state index contributed by atoms with van der Waals surface area (Å²) < 4.78 is 0. The van der Waals surface area contributed by atoms with Crippen LogP contribution in [0.4, 0.5) is 0 Å². The maximum Gasteiger partial charge on any atom is 1.00 e. The molecule has 0 amide bonds. The average Bonchev–Trinajstić information content (AvgIpc) is 1.37. The fourth-order valence-electron chi connectivity index (χ4n) is 0. The van der Waals surface area contributed by atoms with Crippen molar-refractivity contribution in [3.63, 3.8) is 0 Å². The summed E-state index contributed by atoms with van der Waals surface area (Å²) in [5.41, 5.74) is 0. The minimum atomic E-state index is 0. The van der Waals surface area contributed by atoms with E-state index in [1.807, 2.05) is 0 Å². The summed E-state index contributed by atoms with van der Waals surface area (Å²) in [6, 6.07) is 0. The van der Waals surface area contributed by atoms with E-state index in [-0.39, 0.29) is 51.4 Å². The van der Waals surface area contributed by atoms with Crippen LogP contribution in [0.25, 0.3) is 0 Å². The van der Waals surface area contributed by atoms with Crippen LogP contribution in [0.3, 0.4) is 0 Å². The van der Waals surface area contributed by atoms with Gasteiger partial charge >= 0.3 is 51.4 Å². The number of nitrogens with zero attached hydrogens (tertiary/aromatic N) is 1. The molecule has 0 saturated carbocycles. The Morgan fingerprint density at radius 1 is 1.60 bits per heavy atom. The van der Waals surface area contributed by atoms with Crippen molar-refractivity contribution in [3.8, 4) is 0 Å². The molecule has 0 aromatic carbocycles. The van der Waals surface area contributed by atoms with Gasteiger partial charge in [0, 0.05) is 0 Å². The molecule has 5 heavy (non-hydrogen) atoms. The summed E-state index contributed by atoms with van der Waals surface area (Å²) in [5, 5.41) is 0. The van der Waals surface area contributed by atoms with Gasteiger partial charge in [0.25, 0.3) is 0 Å². The van der Waals surface area contributed by atoms with Gasteiger partial charge in [-0.05, 0) is 0 Å². The predicted molar refractivity (Wildman–Crippen MR) is 17.4 cm³/mol. The third-order valence-electron chi connectivity index (χ3n) is 0.0861. The molecule has 1 nitrogen and oxygen atoms in total. The minimum Gasteiger partial charge on any atom is -0.601 e.